The SMILES string of the molecule is CC(C)(C)OC(=O)N1CCCC2C(N)C3(CCCC3)C21. The van der Waals surface area contributed by atoms with Crippen LogP contribution in [0.25, 0.3) is 0 Å². The van der Waals surface area contributed by atoms with Crippen LogP contribution in [0.3, 0.4) is 0 Å². The highest BCUT2D eigenvalue weighted by molar-refractivity contribution is 5.69. The number of carbonyl (C=O) groups excluding carboxylic acids is 1. The molecule has 0 radical (unpaired) electrons. The van der Waals surface area contributed by atoms with Crippen molar-refractivity contribution in [2.24, 2.45) is 17.1 Å². The van der Waals surface area contributed by atoms with Gasteiger partial charge in [-0.05, 0) is 52.4 Å². The molecule has 20 heavy (non-hydrogen) atoms. The van der Waals surface area contributed by atoms with Crippen LogP contribution in [-0.2, 0) is 4.74 Å². The first-order valence-electron chi connectivity index (χ1n) is 8.10. The third-order valence-electron chi connectivity index (χ3n) is 5.55. The van der Waals surface area contributed by atoms with E-state index in [1.807, 2.05) is 25.7 Å². The maximum atomic E-state index is 12.5. The van der Waals surface area contributed by atoms with E-state index in [1.165, 1.54) is 32.1 Å². The molecule has 1 spiro atoms. The van der Waals surface area contributed by atoms with Gasteiger partial charge in [0.15, 0.2) is 0 Å². The van der Waals surface area contributed by atoms with E-state index in [9.17, 15) is 4.79 Å². The van der Waals surface area contributed by atoms with Gasteiger partial charge in [-0.25, -0.2) is 4.79 Å². The monoisotopic (exact) mass is 280 g/mol. The van der Waals surface area contributed by atoms with Crippen molar-refractivity contribution in [2.75, 3.05) is 6.54 Å². The van der Waals surface area contributed by atoms with Gasteiger partial charge < -0.3 is 15.4 Å². The first-order valence-corrected chi connectivity index (χ1v) is 8.10. The van der Waals surface area contributed by atoms with Crippen molar-refractivity contribution < 1.29 is 9.53 Å². The summed E-state index contributed by atoms with van der Waals surface area (Å²) in [5, 5.41) is 0. The van der Waals surface area contributed by atoms with Crippen LogP contribution < -0.4 is 5.73 Å². The predicted octanol–water partition coefficient (Wildman–Crippen LogP) is 2.90. The molecule has 3 atom stereocenters. The van der Waals surface area contributed by atoms with E-state index < -0.39 is 5.60 Å². The Labute approximate surface area is 122 Å². The number of rotatable bonds is 0. The summed E-state index contributed by atoms with van der Waals surface area (Å²) in [6.07, 6.45) is 7.00. The Kier molecular flexibility index (Phi) is 3.27. The van der Waals surface area contributed by atoms with Crippen molar-refractivity contribution in [1.29, 1.82) is 0 Å². The standard InChI is InChI=1S/C16H28N2O2/c1-15(2,3)20-14(19)18-10-6-7-11-12(17)16(13(11)18)8-4-5-9-16/h11-13H,4-10,17H2,1-3H3. The van der Waals surface area contributed by atoms with Crippen LogP contribution in [0.4, 0.5) is 4.79 Å². The van der Waals surface area contributed by atoms with Crippen LogP contribution in [0, 0.1) is 11.3 Å². The molecule has 2 aliphatic carbocycles. The Bertz CT molecular complexity index is 396. The van der Waals surface area contributed by atoms with Crippen molar-refractivity contribution in [3.8, 4) is 0 Å². The molecule has 3 unspecified atom stereocenters. The van der Waals surface area contributed by atoms with Gasteiger partial charge in [0.2, 0.25) is 0 Å². The average molecular weight is 280 g/mol. The predicted molar refractivity (Wildman–Crippen MR) is 78.3 cm³/mol. The van der Waals surface area contributed by atoms with Gasteiger partial charge in [0.05, 0.1) is 0 Å². The molecule has 3 rings (SSSR count). The molecule has 0 bridgehead atoms. The minimum atomic E-state index is -0.418. The Hall–Kier alpha value is -0.770. The molecule has 4 heteroatoms. The number of hydrogen-bond donors (Lipinski definition) is 1. The molecule has 3 aliphatic rings. The van der Waals surface area contributed by atoms with Crippen LogP contribution >= 0.6 is 0 Å². The highest BCUT2D eigenvalue weighted by Gasteiger charge is 2.64. The lowest BCUT2D eigenvalue weighted by Gasteiger charge is -2.64. The molecule has 1 aliphatic heterocycles. The lowest BCUT2D eigenvalue weighted by Crippen LogP contribution is -2.75. The van der Waals surface area contributed by atoms with E-state index in [4.69, 9.17) is 10.5 Å². The molecule has 3 fully saturated rings. The summed E-state index contributed by atoms with van der Waals surface area (Å²) in [5.41, 5.74) is 6.26. The summed E-state index contributed by atoms with van der Waals surface area (Å²) >= 11 is 0. The Morgan fingerprint density at radius 3 is 2.50 bits per heavy atom. The summed E-state index contributed by atoms with van der Waals surface area (Å²) < 4.78 is 5.61. The van der Waals surface area contributed by atoms with E-state index in [1.54, 1.807) is 0 Å². The van der Waals surface area contributed by atoms with Crippen LogP contribution in [-0.4, -0.2) is 35.2 Å². The molecule has 4 nitrogen and oxygen atoms in total. The van der Waals surface area contributed by atoms with E-state index in [2.05, 4.69) is 0 Å². The number of nitrogens with two attached hydrogens (primary N) is 1. The molecule has 2 N–H and O–H groups in total. The second-order valence-corrected chi connectivity index (χ2v) is 7.89. The maximum absolute atomic E-state index is 12.5. The molecule has 0 aromatic rings. The second kappa shape index (κ2) is 4.62. The molecular weight excluding hydrogens is 252 g/mol. The fourth-order valence-corrected chi connectivity index (χ4v) is 4.83. The van der Waals surface area contributed by atoms with Crippen molar-refractivity contribution in [1.82, 2.24) is 4.90 Å². The zero-order valence-electron chi connectivity index (χ0n) is 13.0. The number of likely N-dealkylation sites (tertiary alicyclic amines) is 1. The number of hydrogen-bond acceptors (Lipinski definition) is 3. The third-order valence-corrected chi connectivity index (χ3v) is 5.55. The average Bonchev–Trinajstić information content (AvgIpc) is 2.87. The summed E-state index contributed by atoms with van der Waals surface area (Å²) in [6.45, 7) is 6.64. The zero-order valence-corrected chi connectivity index (χ0v) is 13.0. The Morgan fingerprint density at radius 1 is 1.25 bits per heavy atom. The summed E-state index contributed by atoms with van der Waals surface area (Å²) in [4.78, 5) is 14.5. The smallest absolute Gasteiger partial charge is 0.410 e. The number of carbonyl (C=O) groups is 1. The van der Waals surface area contributed by atoms with E-state index in [0.29, 0.717) is 18.0 Å². The normalized spacial score (nSPS) is 35.6. The molecule has 114 valence electrons. The number of nitrogens with zero attached hydrogens (tertiary/aromatic N) is 1. The second-order valence-electron chi connectivity index (χ2n) is 7.89. The number of piperidine rings is 1. The highest BCUT2D eigenvalue weighted by Crippen LogP contribution is 2.59. The zero-order chi connectivity index (χ0) is 14.5. The van der Waals surface area contributed by atoms with Crippen molar-refractivity contribution in [3.63, 3.8) is 0 Å². The summed E-state index contributed by atoms with van der Waals surface area (Å²) in [7, 11) is 0. The Morgan fingerprint density at radius 2 is 1.90 bits per heavy atom. The fraction of sp³-hybridized carbons (Fsp3) is 0.938. The van der Waals surface area contributed by atoms with Crippen LogP contribution in [0.2, 0.25) is 0 Å². The summed E-state index contributed by atoms with van der Waals surface area (Å²) in [6, 6.07) is 0.629. The van der Waals surface area contributed by atoms with E-state index in [-0.39, 0.29) is 11.5 Å². The number of amides is 1. The van der Waals surface area contributed by atoms with Gasteiger partial charge in [0, 0.05) is 24.0 Å². The number of fused-ring (bicyclic) bond motifs is 2. The highest BCUT2D eigenvalue weighted by atomic mass is 16.6. The first kappa shape index (κ1) is 14.2. The molecule has 1 saturated heterocycles. The third kappa shape index (κ3) is 2.03. The van der Waals surface area contributed by atoms with Crippen molar-refractivity contribution >= 4 is 6.09 Å². The topological polar surface area (TPSA) is 55.6 Å². The van der Waals surface area contributed by atoms with Gasteiger partial charge in [-0.1, -0.05) is 12.8 Å². The largest absolute Gasteiger partial charge is 0.444 e. The first-order chi connectivity index (χ1) is 9.35. The molecule has 1 heterocycles. The van der Waals surface area contributed by atoms with Gasteiger partial charge >= 0.3 is 6.09 Å². The van der Waals surface area contributed by atoms with Crippen LogP contribution in [0.1, 0.15) is 59.3 Å². The lowest BCUT2D eigenvalue weighted by atomic mass is 9.50. The minimum absolute atomic E-state index is 0.134. The van der Waals surface area contributed by atoms with E-state index in [0.717, 1.165) is 13.0 Å². The summed E-state index contributed by atoms with van der Waals surface area (Å²) in [5.74, 6) is 0.495. The van der Waals surface area contributed by atoms with Crippen molar-refractivity contribution in [3.05, 3.63) is 0 Å². The fourth-order valence-electron chi connectivity index (χ4n) is 4.83. The van der Waals surface area contributed by atoms with Crippen molar-refractivity contribution in [2.45, 2.75) is 77.0 Å². The van der Waals surface area contributed by atoms with Crippen LogP contribution in [0.15, 0.2) is 0 Å². The quantitative estimate of drug-likeness (QED) is 0.742. The van der Waals surface area contributed by atoms with Gasteiger partial charge in [-0.15, -0.1) is 0 Å². The van der Waals surface area contributed by atoms with Gasteiger partial charge in [-0.3, -0.25) is 0 Å². The van der Waals surface area contributed by atoms with Gasteiger partial charge in [-0.2, -0.15) is 0 Å². The molecule has 0 aromatic heterocycles. The van der Waals surface area contributed by atoms with Crippen LogP contribution in [0.5, 0.6) is 0 Å². The van der Waals surface area contributed by atoms with Gasteiger partial charge in [0.25, 0.3) is 0 Å². The minimum Gasteiger partial charge on any atom is -0.444 e. The molecule has 1 amide bonds. The molecular formula is C16H28N2O2. The molecule has 0 aromatic carbocycles. The lowest BCUT2D eigenvalue weighted by molar-refractivity contribution is -0.122. The van der Waals surface area contributed by atoms with Gasteiger partial charge in [0.1, 0.15) is 5.60 Å². The Balaban J connectivity index is 1.79. The molecule has 2 saturated carbocycles. The maximum Gasteiger partial charge on any atom is 0.410 e. The van der Waals surface area contributed by atoms with E-state index >= 15 is 0 Å². The number of ether oxygens (including phenoxy) is 1.